The van der Waals surface area contributed by atoms with Crippen LogP contribution in [0.4, 0.5) is 13.2 Å². The van der Waals surface area contributed by atoms with Gasteiger partial charge in [0, 0.05) is 60.1 Å². The van der Waals surface area contributed by atoms with Gasteiger partial charge in [0.1, 0.15) is 29.9 Å². The molecule has 8 aromatic rings. The van der Waals surface area contributed by atoms with Crippen molar-refractivity contribution < 1.29 is 82.0 Å². The quantitative estimate of drug-likeness (QED) is 0.0152. The summed E-state index contributed by atoms with van der Waals surface area (Å²) < 4.78 is 134. The second kappa shape index (κ2) is 43.4. The van der Waals surface area contributed by atoms with Crippen LogP contribution in [0.15, 0.2) is 139 Å². The lowest BCUT2D eigenvalue weighted by atomic mass is 9.70. The molecule has 4 aliphatic carbocycles. The minimum atomic E-state index is -5.62. The van der Waals surface area contributed by atoms with Crippen molar-refractivity contribution in [2.24, 2.45) is 23.7 Å². The van der Waals surface area contributed by atoms with Crippen LogP contribution in [0.5, 0.6) is 0 Å². The van der Waals surface area contributed by atoms with Crippen LogP contribution in [-0.4, -0.2) is 120 Å². The number of halogens is 4. The Morgan fingerprint density at radius 1 is 0.492 bits per heavy atom. The Morgan fingerprint density at radius 2 is 0.847 bits per heavy atom. The molecular formula is C87H123BClF3N6O15P4S. The first-order chi connectivity index (χ1) is 54.4. The fourth-order valence-corrected chi connectivity index (χ4v) is 20.0. The van der Waals surface area contributed by atoms with Crippen LogP contribution in [0.2, 0.25) is 5.15 Å². The van der Waals surface area contributed by atoms with E-state index in [1.165, 1.54) is 51.3 Å². The van der Waals surface area contributed by atoms with E-state index in [9.17, 15) is 39.8 Å². The van der Waals surface area contributed by atoms with Crippen molar-refractivity contribution in [1.82, 2.24) is 29.9 Å². The first-order valence-electron chi connectivity index (χ1n) is 40.1. The van der Waals surface area contributed by atoms with E-state index in [-0.39, 0.29) is 70.2 Å². The Balaban J connectivity index is 0.000000206. The topological polar surface area (TPSA) is 307 Å². The van der Waals surface area contributed by atoms with Crippen molar-refractivity contribution in [3.63, 3.8) is 0 Å². The van der Waals surface area contributed by atoms with Gasteiger partial charge < -0.3 is 42.1 Å². The molecule has 5 aliphatic rings. The van der Waals surface area contributed by atoms with Gasteiger partial charge in [-0.1, -0.05) is 93.2 Å². The van der Waals surface area contributed by atoms with E-state index < -0.39 is 45.6 Å². The molecule has 1 aliphatic heterocycles. The average molecular weight is 1750 g/mol. The summed E-state index contributed by atoms with van der Waals surface area (Å²) in [5.74, 6) is 2.15. The summed E-state index contributed by atoms with van der Waals surface area (Å²) in [6.45, 7) is 24.9. The number of aryl methyl sites for hydroxylation is 6. The number of alkyl halides is 3. The molecule has 5 aromatic carbocycles. The lowest BCUT2D eigenvalue weighted by Gasteiger charge is -2.32. The van der Waals surface area contributed by atoms with Gasteiger partial charge in [-0.2, -0.15) is 21.6 Å². The van der Waals surface area contributed by atoms with Crippen molar-refractivity contribution in [3.05, 3.63) is 200 Å². The molecule has 0 bridgehead atoms. The molecular weight excluding hydrogens is 1630 g/mol. The van der Waals surface area contributed by atoms with Crippen molar-refractivity contribution in [1.29, 1.82) is 0 Å². The van der Waals surface area contributed by atoms with Crippen LogP contribution < -0.4 is 0 Å². The molecule has 21 nitrogen and oxygen atoms in total. The number of aromatic nitrogens is 6. The van der Waals surface area contributed by atoms with Gasteiger partial charge in [-0.15, -0.1) is 0 Å². The van der Waals surface area contributed by atoms with Gasteiger partial charge in [-0.05, 0) is 295 Å². The smallest absolute Gasteiger partial charge is 0.400 e. The zero-order chi connectivity index (χ0) is 84.6. The highest BCUT2D eigenvalue weighted by Gasteiger charge is 2.53. The Kier molecular flexibility index (Phi) is 36.5. The summed E-state index contributed by atoms with van der Waals surface area (Å²) in [5.41, 5.74) is 9.86. The van der Waals surface area contributed by atoms with Crippen LogP contribution >= 0.6 is 41.5 Å². The standard InChI is InChI=1S/C22H34BO4P.2C18H25N2O3P.C17H22F3O5PS.C10H9ClN2.2CH4/c1-21(2)22(3,4)27-23(26-21)20-13-11-18(12-14-20)15-16-28(5,24)25-17-19-9-7-6-8-10-19;2*1-12-9-16-17(10-13(12)2)19-11-20-18(16)15-5-3-14(4-6-15)7-8-24(21,22)23;1-26(21,24-13-15-5-3-2-4-6-15)12-11-14-7-9-16(10-8-14)25-27(22,23)17(18,19)20;1-6-3-8-9(4-7(6)2)12-5-13-10(8)11;;/h6-10,13,18H,11-12,14-17H2,1-5H3;2*9-11,14-15H,3-8H2,1-2H3,(H2,21,22,23);2-6,9,14H,7-8,10-13H2,1H3;3-5H,1-2H3;2*1H4. The Morgan fingerprint density at radius 3 is 1.21 bits per heavy atom. The normalized spacial score (nSPS) is 21.0. The molecule has 13 rings (SSSR count). The van der Waals surface area contributed by atoms with E-state index in [1.54, 1.807) is 26.0 Å². The Hall–Kier alpha value is -5.91. The fourth-order valence-electron chi connectivity index (χ4n) is 15.1. The van der Waals surface area contributed by atoms with E-state index in [0.29, 0.717) is 85.8 Å². The molecule has 31 heteroatoms. The first kappa shape index (κ1) is 99.2. The third-order valence-electron chi connectivity index (χ3n) is 23.6. The Labute approximate surface area is 702 Å². The maximum Gasteiger partial charge on any atom is 0.534 e. The lowest BCUT2D eigenvalue weighted by Crippen LogP contribution is -2.41. The molecule has 648 valence electrons. The monoisotopic (exact) mass is 1750 g/mol. The molecule has 3 aromatic heterocycles. The molecule has 118 heavy (non-hydrogen) atoms. The van der Waals surface area contributed by atoms with Crippen molar-refractivity contribution in [3.8, 4) is 0 Å². The van der Waals surface area contributed by atoms with Gasteiger partial charge in [-0.3, -0.25) is 18.3 Å². The van der Waals surface area contributed by atoms with E-state index in [2.05, 4.69) is 134 Å². The summed E-state index contributed by atoms with van der Waals surface area (Å²) in [4.78, 5) is 62.2. The van der Waals surface area contributed by atoms with Crippen molar-refractivity contribution in [2.75, 3.05) is 38.0 Å². The van der Waals surface area contributed by atoms with Crippen LogP contribution in [0, 0.1) is 65.2 Å². The zero-order valence-corrected chi connectivity index (χ0v) is 74.0. The van der Waals surface area contributed by atoms with Gasteiger partial charge in [0.15, 0.2) is 0 Å². The number of allylic oxidation sites excluding steroid dienone is 4. The van der Waals surface area contributed by atoms with Gasteiger partial charge in [0.05, 0.1) is 64.7 Å². The number of fused-ring (bicyclic) bond motifs is 3. The van der Waals surface area contributed by atoms with E-state index in [4.69, 9.17) is 49.5 Å². The second-order valence-corrected chi connectivity index (χ2v) is 44.1. The SMILES string of the molecule is C.C.CC1(C)OB(C2=CCC(CCP(C)(=O)OCc3ccccc3)CC2)OC1(C)C.CP(=O)(CCC1CC=C(OS(=O)(=O)C(F)(F)F)CC1)OCc1ccccc1.Cc1cc2ncnc(C3CCC(CCP(=O)(O)O)CC3)c2cc1C.Cc1cc2ncnc(C3CCC(CCP(=O)(O)O)CC3)c2cc1C.Cc1cc2ncnc(Cl)c2cc1C. The molecule has 3 fully saturated rings. The lowest BCUT2D eigenvalue weighted by molar-refractivity contribution is -0.0524. The number of hydrogen-bond acceptors (Lipinski definition) is 17. The molecule has 4 heterocycles. The van der Waals surface area contributed by atoms with Gasteiger partial charge in [0.2, 0.25) is 14.7 Å². The fraction of sp³-hybridized carbons (Fsp3) is 0.540. The van der Waals surface area contributed by atoms with E-state index in [0.717, 1.165) is 132 Å². The molecule has 0 radical (unpaired) electrons. The highest BCUT2D eigenvalue weighted by molar-refractivity contribution is 7.87. The molecule has 0 amide bonds. The largest absolute Gasteiger partial charge is 0.534 e. The van der Waals surface area contributed by atoms with Gasteiger partial charge in [0.25, 0.3) is 0 Å². The predicted octanol–water partition coefficient (Wildman–Crippen LogP) is 23.3. The third-order valence-corrected chi connectivity index (χ3v) is 30.0. The molecule has 4 N–H and O–H groups in total. The summed E-state index contributed by atoms with van der Waals surface area (Å²) in [6, 6.07) is 32.0. The van der Waals surface area contributed by atoms with Gasteiger partial charge in [-0.25, -0.2) is 29.9 Å². The highest BCUT2D eigenvalue weighted by Crippen LogP contribution is 2.50. The zero-order valence-electron chi connectivity index (χ0n) is 68.8. The summed E-state index contributed by atoms with van der Waals surface area (Å²) in [5, 5.41) is 3.75. The van der Waals surface area contributed by atoms with Crippen molar-refractivity contribution >= 4 is 91.5 Å². The minimum absolute atomic E-state index is 0. The summed E-state index contributed by atoms with van der Waals surface area (Å²) in [6.07, 6.45) is 24.4. The number of rotatable bonds is 23. The predicted molar refractivity (Wildman–Crippen MR) is 469 cm³/mol. The third kappa shape index (κ3) is 30.0. The minimum Gasteiger partial charge on any atom is -0.400 e. The molecule has 0 spiro atoms. The number of nitrogens with zero attached hydrogens (tertiary/aromatic N) is 6. The molecule has 2 saturated carbocycles. The van der Waals surface area contributed by atoms with Crippen LogP contribution in [0.1, 0.15) is 226 Å². The summed E-state index contributed by atoms with van der Waals surface area (Å²) in [7, 11) is -18.9. The summed E-state index contributed by atoms with van der Waals surface area (Å²) >= 11 is 5.93. The highest BCUT2D eigenvalue weighted by atomic mass is 35.5. The molecule has 4 unspecified atom stereocenters. The van der Waals surface area contributed by atoms with Crippen LogP contribution in [0.3, 0.4) is 0 Å². The average Bonchev–Trinajstić information content (AvgIpc) is 1.70. The van der Waals surface area contributed by atoms with Crippen molar-refractivity contribution in [2.45, 2.75) is 241 Å². The van der Waals surface area contributed by atoms with Crippen LogP contribution in [0.25, 0.3) is 32.7 Å². The second-order valence-electron chi connectivity index (χ2n) is 33.2. The van der Waals surface area contributed by atoms with Crippen LogP contribution in [-0.2, 0) is 64.1 Å². The van der Waals surface area contributed by atoms with E-state index >= 15 is 0 Å². The molecule has 1 saturated heterocycles. The Bertz CT molecular complexity index is 4880. The van der Waals surface area contributed by atoms with Gasteiger partial charge >= 0.3 is 37.9 Å². The first-order valence-corrected chi connectivity index (χ1v) is 50.0. The maximum atomic E-state index is 12.8. The molecule has 4 atom stereocenters. The number of benzene rings is 5. The maximum absolute atomic E-state index is 12.8. The number of hydrogen-bond donors (Lipinski definition) is 4. The van der Waals surface area contributed by atoms with E-state index in [1.807, 2.05) is 72.8 Å².